The van der Waals surface area contributed by atoms with Crippen molar-refractivity contribution in [2.75, 3.05) is 0 Å². The molecule has 1 aromatic carbocycles. The predicted octanol–water partition coefficient (Wildman–Crippen LogP) is 2.95. The van der Waals surface area contributed by atoms with Gasteiger partial charge in [0, 0.05) is 0 Å². The Labute approximate surface area is 117 Å². The van der Waals surface area contributed by atoms with E-state index in [0.717, 1.165) is 12.1 Å². The van der Waals surface area contributed by atoms with Gasteiger partial charge in [-0.05, 0) is 24.6 Å². The topological polar surface area (TPSA) is 66.4 Å². The minimum atomic E-state index is -4.61. The van der Waals surface area contributed by atoms with Gasteiger partial charge >= 0.3 is 12.1 Å². The van der Waals surface area contributed by atoms with E-state index in [9.17, 15) is 22.8 Å². The average Bonchev–Trinajstić information content (AvgIpc) is 2.34. The van der Waals surface area contributed by atoms with Crippen LogP contribution in [0.15, 0.2) is 18.2 Å². The molecule has 0 aliphatic heterocycles. The number of nitrogens with one attached hydrogen (secondary N) is 1. The Bertz CT molecular complexity index is 531. The highest BCUT2D eigenvalue weighted by Gasteiger charge is 2.32. The molecule has 110 valence electrons. The highest BCUT2D eigenvalue weighted by Crippen LogP contribution is 2.31. The van der Waals surface area contributed by atoms with E-state index in [1.165, 1.54) is 6.92 Å². The monoisotopic (exact) mass is 309 g/mol. The first-order chi connectivity index (χ1) is 9.16. The predicted molar refractivity (Wildman–Crippen MR) is 65.6 cm³/mol. The van der Waals surface area contributed by atoms with Gasteiger partial charge in [-0.25, -0.2) is 4.79 Å². The molecule has 1 atom stereocenters. The molecule has 2 N–H and O–H groups in total. The lowest BCUT2D eigenvalue weighted by molar-refractivity contribution is -0.139. The van der Waals surface area contributed by atoms with Crippen molar-refractivity contribution >= 4 is 23.5 Å². The zero-order chi connectivity index (χ0) is 15.5. The molecule has 0 spiro atoms. The van der Waals surface area contributed by atoms with E-state index in [2.05, 4.69) is 5.32 Å². The zero-order valence-corrected chi connectivity index (χ0v) is 11.0. The quantitative estimate of drug-likeness (QED) is 0.898. The van der Waals surface area contributed by atoms with Crippen LogP contribution in [0, 0.1) is 0 Å². The number of alkyl halides is 3. The van der Waals surface area contributed by atoms with Gasteiger partial charge in [-0.1, -0.05) is 18.5 Å². The van der Waals surface area contributed by atoms with Crippen molar-refractivity contribution < 1.29 is 27.9 Å². The van der Waals surface area contributed by atoms with Gasteiger partial charge in [0.05, 0.1) is 16.1 Å². The van der Waals surface area contributed by atoms with E-state index >= 15 is 0 Å². The molecule has 0 saturated heterocycles. The van der Waals surface area contributed by atoms with Crippen molar-refractivity contribution in [2.24, 2.45) is 0 Å². The molecule has 0 bridgehead atoms. The smallest absolute Gasteiger partial charge is 0.416 e. The molecule has 4 nitrogen and oxygen atoms in total. The molecule has 0 aliphatic carbocycles. The summed E-state index contributed by atoms with van der Waals surface area (Å²) in [5.74, 6) is -2.24. The average molecular weight is 310 g/mol. The van der Waals surface area contributed by atoms with E-state index in [-0.39, 0.29) is 11.4 Å². The van der Waals surface area contributed by atoms with Gasteiger partial charge in [0.2, 0.25) is 0 Å². The number of hydrogen-bond donors (Lipinski definition) is 2. The number of carbonyl (C=O) groups is 2. The van der Waals surface area contributed by atoms with Gasteiger partial charge in [0.15, 0.2) is 0 Å². The van der Waals surface area contributed by atoms with Crippen LogP contribution in [-0.4, -0.2) is 23.0 Å². The first kappa shape index (κ1) is 16.3. The fraction of sp³-hybridized carbons (Fsp3) is 0.333. The number of carbonyl (C=O) groups excluding carboxylic acids is 1. The summed E-state index contributed by atoms with van der Waals surface area (Å²) in [6.45, 7) is 1.52. The molecular weight excluding hydrogens is 299 g/mol. The standard InChI is InChI=1S/C12H11ClF3NO3/c1-2-9(11(19)20)17-10(18)7-5-6(12(14,15)16)3-4-8(7)13/h3-5,9H,2H2,1H3,(H,17,18)(H,19,20)/t9-/m1/s1. The van der Waals surface area contributed by atoms with Crippen LogP contribution in [0.4, 0.5) is 13.2 Å². The molecule has 0 aromatic heterocycles. The molecule has 0 radical (unpaired) electrons. The minimum absolute atomic E-state index is 0.0949. The van der Waals surface area contributed by atoms with Crippen LogP contribution in [0.25, 0.3) is 0 Å². The minimum Gasteiger partial charge on any atom is -0.480 e. The van der Waals surface area contributed by atoms with E-state index in [1.807, 2.05) is 0 Å². The van der Waals surface area contributed by atoms with Crippen LogP contribution < -0.4 is 5.32 Å². The number of rotatable bonds is 4. The maximum atomic E-state index is 12.6. The van der Waals surface area contributed by atoms with Crippen LogP contribution in [0.1, 0.15) is 29.3 Å². The fourth-order valence-electron chi connectivity index (χ4n) is 1.45. The van der Waals surface area contributed by atoms with Crippen molar-refractivity contribution in [2.45, 2.75) is 25.6 Å². The molecule has 0 unspecified atom stereocenters. The van der Waals surface area contributed by atoms with E-state index in [0.29, 0.717) is 6.07 Å². The Kier molecular flexibility index (Phi) is 4.99. The lowest BCUT2D eigenvalue weighted by Gasteiger charge is -2.14. The Morgan fingerprint density at radius 2 is 2.00 bits per heavy atom. The molecule has 8 heteroatoms. The highest BCUT2D eigenvalue weighted by molar-refractivity contribution is 6.33. The number of carboxylic acids is 1. The van der Waals surface area contributed by atoms with E-state index in [4.69, 9.17) is 16.7 Å². The Balaban J connectivity index is 3.06. The molecule has 0 saturated carbocycles. The third kappa shape index (κ3) is 3.86. The second kappa shape index (κ2) is 6.13. The van der Waals surface area contributed by atoms with Gasteiger partial charge < -0.3 is 10.4 Å². The summed E-state index contributed by atoms with van der Waals surface area (Å²) in [7, 11) is 0. The molecule has 0 aliphatic rings. The Morgan fingerprint density at radius 1 is 1.40 bits per heavy atom. The fourth-order valence-corrected chi connectivity index (χ4v) is 1.65. The maximum absolute atomic E-state index is 12.6. The lowest BCUT2D eigenvalue weighted by atomic mass is 10.1. The van der Waals surface area contributed by atoms with Crippen molar-refractivity contribution in [3.05, 3.63) is 34.3 Å². The summed E-state index contributed by atoms with van der Waals surface area (Å²) < 4.78 is 37.7. The van der Waals surface area contributed by atoms with Crippen molar-refractivity contribution in [3.63, 3.8) is 0 Å². The van der Waals surface area contributed by atoms with E-state index < -0.39 is 35.2 Å². The first-order valence-corrected chi connectivity index (χ1v) is 5.95. The second-order valence-corrected chi connectivity index (χ2v) is 4.37. The SMILES string of the molecule is CC[C@@H](NC(=O)c1cc(C(F)(F)F)ccc1Cl)C(=O)O. The highest BCUT2D eigenvalue weighted by atomic mass is 35.5. The zero-order valence-electron chi connectivity index (χ0n) is 10.3. The van der Waals surface area contributed by atoms with Gasteiger partial charge in [-0.3, -0.25) is 4.79 Å². The number of aliphatic carboxylic acids is 1. The summed E-state index contributed by atoms with van der Waals surface area (Å²) >= 11 is 5.67. The van der Waals surface area contributed by atoms with Crippen LogP contribution in [0.2, 0.25) is 5.02 Å². The summed E-state index contributed by atoms with van der Waals surface area (Å²) in [4.78, 5) is 22.6. The van der Waals surface area contributed by atoms with Gasteiger partial charge in [-0.15, -0.1) is 0 Å². The second-order valence-electron chi connectivity index (χ2n) is 3.96. The van der Waals surface area contributed by atoms with Crippen LogP contribution in [0.3, 0.4) is 0 Å². The third-order valence-corrected chi connectivity index (χ3v) is 2.88. The number of carboxylic acid groups (broad SMARTS) is 1. The molecular formula is C12H11ClF3NO3. The normalized spacial score (nSPS) is 12.8. The lowest BCUT2D eigenvalue weighted by Crippen LogP contribution is -2.40. The van der Waals surface area contributed by atoms with Gasteiger partial charge in [0.1, 0.15) is 6.04 Å². The number of halogens is 4. The first-order valence-electron chi connectivity index (χ1n) is 5.57. The number of hydrogen-bond acceptors (Lipinski definition) is 2. The van der Waals surface area contributed by atoms with Crippen LogP contribution >= 0.6 is 11.6 Å². The van der Waals surface area contributed by atoms with Crippen molar-refractivity contribution in [1.29, 1.82) is 0 Å². The molecule has 0 heterocycles. The van der Waals surface area contributed by atoms with Gasteiger partial charge in [0.25, 0.3) is 5.91 Å². The summed E-state index contributed by atoms with van der Waals surface area (Å²) in [5.41, 5.74) is -1.45. The Morgan fingerprint density at radius 3 is 2.45 bits per heavy atom. The molecule has 1 rings (SSSR count). The molecule has 1 amide bonds. The third-order valence-electron chi connectivity index (χ3n) is 2.55. The summed E-state index contributed by atoms with van der Waals surface area (Å²) in [6.07, 6.45) is -4.52. The van der Waals surface area contributed by atoms with Crippen LogP contribution in [0.5, 0.6) is 0 Å². The summed E-state index contributed by atoms with van der Waals surface area (Å²) in [5, 5.41) is 10.7. The van der Waals surface area contributed by atoms with Crippen molar-refractivity contribution in [3.8, 4) is 0 Å². The van der Waals surface area contributed by atoms with Crippen LogP contribution in [-0.2, 0) is 11.0 Å². The molecule has 1 aromatic rings. The van der Waals surface area contributed by atoms with Crippen molar-refractivity contribution in [1.82, 2.24) is 5.32 Å². The van der Waals surface area contributed by atoms with E-state index in [1.54, 1.807) is 0 Å². The maximum Gasteiger partial charge on any atom is 0.416 e. The summed E-state index contributed by atoms with van der Waals surface area (Å²) in [6, 6.07) is 1.09. The molecule has 20 heavy (non-hydrogen) atoms. The number of amides is 1. The number of benzene rings is 1. The van der Waals surface area contributed by atoms with Gasteiger partial charge in [-0.2, -0.15) is 13.2 Å². The Hall–Kier alpha value is -1.76. The molecule has 0 fully saturated rings. The largest absolute Gasteiger partial charge is 0.480 e.